The summed E-state index contributed by atoms with van der Waals surface area (Å²) in [5, 5.41) is 9.40. The molecule has 2 nitrogen and oxygen atoms in total. The molecule has 0 rings (SSSR count). The van der Waals surface area contributed by atoms with Crippen LogP contribution in [0, 0.1) is 5.41 Å². The number of aliphatic carboxylic acids is 1. The Hall–Kier alpha value is 0.619. The summed E-state index contributed by atoms with van der Waals surface area (Å²) in [4.78, 5) is 11.4. The average Bonchev–Trinajstić information content (AvgIpc) is 2.22. The number of hydrogen-bond donors (Lipinski definition) is 1. The van der Waals surface area contributed by atoms with Gasteiger partial charge in [0.2, 0.25) is 0 Å². The van der Waals surface area contributed by atoms with Gasteiger partial charge in [-0.25, -0.2) is 0 Å². The first kappa shape index (κ1) is 15.6. The number of carboxylic acids is 1. The van der Waals surface area contributed by atoms with E-state index < -0.39 is 11.4 Å². The summed E-state index contributed by atoms with van der Waals surface area (Å²) < 4.78 is 0. The molecular formula is C11H21O2SSn. The van der Waals surface area contributed by atoms with Crippen molar-refractivity contribution in [3.05, 3.63) is 0 Å². The fourth-order valence-corrected chi connectivity index (χ4v) is 4.77. The molecule has 0 spiro atoms. The van der Waals surface area contributed by atoms with Crippen LogP contribution in [0.25, 0.3) is 0 Å². The number of unbranched alkanes of at least 4 members (excludes halogenated alkanes) is 2. The Morgan fingerprint density at radius 2 is 1.73 bits per heavy atom. The molecule has 0 aliphatic heterocycles. The van der Waals surface area contributed by atoms with Gasteiger partial charge in [0.05, 0.1) is 0 Å². The predicted octanol–water partition coefficient (Wildman–Crippen LogP) is 3.25. The van der Waals surface area contributed by atoms with Gasteiger partial charge in [-0.05, 0) is 0 Å². The molecule has 3 radical (unpaired) electrons. The van der Waals surface area contributed by atoms with Crippen molar-refractivity contribution >= 4 is 36.1 Å². The van der Waals surface area contributed by atoms with Crippen molar-refractivity contribution in [1.29, 1.82) is 0 Å². The van der Waals surface area contributed by atoms with E-state index in [0.717, 1.165) is 44.3 Å². The van der Waals surface area contributed by atoms with Crippen LogP contribution in [0.5, 0.6) is 0 Å². The molecule has 0 aliphatic carbocycles. The Labute approximate surface area is 109 Å². The van der Waals surface area contributed by atoms with Crippen LogP contribution >= 0.6 is 8.95 Å². The van der Waals surface area contributed by atoms with Gasteiger partial charge in [-0.15, -0.1) is 0 Å². The third-order valence-electron chi connectivity index (χ3n) is 2.82. The van der Waals surface area contributed by atoms with Crippen LogP contribution in [0.15, 0.2) is 0 Å². The molecule has 87 valence electrons. The number of carboxylic acid groups (broad SMARTS) is 1. The molecule has 0 amide bonds. The molecule has 0 saturated carbocycles. The Balaban J connectivity index is 4.48. The molecule has 0 fully saturated rings. The van der Waals surface area contributed by atoms with Crippen molar-refractivity contribution in [2.75, 3.05) is 5.75 Å². The van der Waals surface area contributed by atoms with Crippen LogP contribution < -0.4 is 0 Å². The van der Waals surface area contributed by atoms with Gasteiger partial charge in [0.15, 0.2) is 0 Å². The second kappa shape index (κ2) is 8.73. The first-order valence-electron chi connectivity index (χ1n) is 5.65. The van der Waals surface area contributed by atoms with Gasteiger partial charge in [0.1, 0.15) is 0 Å². The molecule has 0 aromatic heterocycles. The molecule has 0 bridgehead atoms. The molecule has 0 unspecified atom stereocenters. The predicted molar refractivity (Wildman–Crippen MR) is 67.3 cm³/mol. The van der Waals surface area contributed by atoms with Crippen LogP contribution in [0.3, 0.4) is 0 Å². The van der Waals surface area contributed by atoms with E-state index in [9.17, 15) is 9.90 Å². The van der Waals surface area contributed by atoms with Crippen molar-refractivity contribution in [3.8, 4) is 0 Å². The number of hydrogen-bond acceptors (Lipinski definition) is 2. The Morgan fingerprint density at radius 1 is 1.27 bits per heavy atom. The van der Waals surface area contributed by atoms with Crippen LogP contribution in [-0.2, 0) is 4.79 Å². The number of rotatable bonds is 9. The maximum atomic E-state index is 11.4. The van der Waals surface area contributed by atoms with Crippen LogP contribution in [0.4, 0.5) is 0 Å². The zero-order valence-electron chi connectivity index (χ0n) is 9.71. The van der Waals surface area contributed by atoms with Gasteiger partial charge in [0, 0.05) is 0 Å². The van der Waals surface area contributed by atoms with E-state index in [0.29, 0.717) is 0 Å². The van der Waals surface area contributed by atoms with Crippen molar-refractivity contribution < 1.29 is 9.90 Å². The zero-order chi connectivity index (χ0) is 11.7. The van der Waals surface area contributed by atoms with E-state index in [1.165, 1.54) is 21.1 Å². The second-order valence-corrected chi connectivity index (χ2v) is 7.13. The molecule has 0 saturated heterocycles. The van der Waals surface area contributed by atoms with E-state index in [2.05, 4.69) is 13.8 Å². The summed E-state index contributed by atoms with van der Waals surface area (Å²) in [6, 6.07) is 0. The number of carbonyl (C=O) groups is 1. The third-order valence-corrected chi connectivity index (χ3v) is 4.75. The molecule has 0 aromatic carbocycles. The van der Waals surface area contributed by atoms with Crippen molar-refractivity contribution in [2.45, 2.75) is 52.4 Å². The van der Waals surface area contributed by atoms with Crippen molar-refractivity contribution in [2.24, 2.45) is 5.41 Å². The van der Waals surface area contributed by atoms with Gasteiger partial charge >= 0.3 is 109 Å². The van der Waals surface area contributed by atoms with Gasteiger partial charge in [-0.1, -0.05) is 0 Å². The fourth-order valence-electron chi connectivity index (χ4n) is 1.71. The summed E-state index contributed by atoms with van der Waals surface area (Å²) in [6.45, 7) is 4.24. The summed E-state index contributed by atoms with van der Waals surface area (Å²) >= 11 is 1.37. The Morgan fingerprint density at radius 3 is 2.00 bits per heavy atom. The van der Waals surface area contributed by atoms with Crippen molar-refractivity contribution in [1.82, 2.24) is 0 Å². The van der Waals surface area contributed by atoms with Crippen LogP contribution in [-0.4, -0.2) is 38.0 Å². The first-order chi connectivity index (χ1) is 7.13. The average molecular weight is 336 g/mol. The molecule has 0 aromatic rings. The molecular weight excluding hydrogens is 315 g/mol. The summed E-state index contributed by atoms with van der Waals surface area (Å²) in [5.41, 5.74) is -0.444. The van der Waals surface area contributed by atoms with Crippen LogP contribution in [0.2, 0.25) is 0 Å². The minimum absolute atomic E-state index is 0.444. The minimum atomic E-state index is -0.584. The molecule has 15 heavy (non-hydrogen) atoms. The van der Waals surface area contributed by atoms with Gasteiger partial charge in [-0.3, -0.25) is 0 Å². The van der Waals surface area contributed by atoms with Gasteiger partial charge in [-0.2, -0.15) is 0 Å². The summed E-state index contributed by atoms with van der Waals surface area (Å²) in [5.74, 6) is 0.208. The summed E-state index contributed by atoms with van der Waals surface area (Å²) in [6.07, 6.45) is 5.94. The SMILES string of the molecule is CCCCC(CCCC)(C[S][Sn])C(=O)O. The fraction of sp³-hybridized carbons (Fsp3) is 0.909. The quantitative estimate of drug-likeness (QED) is 0.657. The Bertz CT molecular complexity index is 177. The van der Waals surface area contributed by atoms with E-state index in [-0.39, 0.29) is 0 Å². The van der Waals surface area contributed by atoms with E-state index in [1.54, 1.807) is 8.95 Å². The maximum absolute atomic E-state index is 11.4. The van der Waals surface area contributed by atoms with Gasteiger partial charge in [0.25, 0.3) is 0 Å². The van der Waals surface area contributed by atoms with E-state index in [4.69, 9.17) is 0 Å². The molecule has 0 aliphatic rings. The normalized spacial score (nSPS) is 11.7. The van der Waals surface area contributed by atoms with Gasteiger partial charge < -0.3 is 0 Å². The molecule has 4 heteroatoms. The van der Waals surface area contributed by atoms with Crippen molar-refractivity contribution in [3.63, 3.8) is 0 Å². The summed E-state index contributed by atoms with van der Waals surface area (Å²) in [7, 11) is 1.75. The molecule has 1 N–H and O–H groups in total. The van der Waals surface area contributed by atoms with Crippen LogP contribution in [0.1, 0.15) is 52.4 Å². The first-order valence-corrected chi connectivity index (χ1v) is 10.1. The second-order valence-electron chi connectivity index (χ2n) is 4.08. The molecule has 0 heterocycles. The standard InChI is InChI=1S/C11H22O2S.Sn/c1-3-5-7-11(9-14,10(12)13)8-6-4-2;/h14H,3-9H2,1-2H3,(H,12,13);/q;+1/p-1. The molecule has 0 atom stereocenters. The Kier molecular flexibility index (Phi) is 9.09. The van der Waals surface area contributed by atoms with E-state index in [1.807, 2.05) is 0 Å². The van der Waals surface area contributed by atoms with E-state index >= 15 is 0 Å². The topological polar surface area (TPSA) is 37.3 Å². The zero-order valence-corrected chi connectivity index (χ0v) is 13.4. The third kappa shape index (κ3) is 5.48. The monoisotopic (exact) mass is 337 g/mol.